The highest BCUT2D eigenvalue weighted by atomic mass is 16.3. The minimum Gasteiger partial charge on any atom is -0.506 e. The molecule has 0 fully saturated rings. The first-order chi connectivity index (χ1) is 7.49. The van der Waals surface area contributed by atoms with E-state index in [0.29, 0.717) is 13.1 Å². The summed E-state index contributed by atoms with van der Waals surface area (Å²) in [6.07, 6.45) is 1.40. The second-order valence-electron chi connectivity index (χ2n) is 3.97. The Morgan fingerprint density at radius 1 is 1.38 bits per heavy atom. The molecule has 0 saturated carbocycles. The Morgan fingerprint density at radius 3 is 2.56 bits per heavy atom. The molecule has 0 bridgehead atoms. The Hall–Kier alpha value is -1.62. The smallest absolute Gasteiger partial charge is 0.236 e. The fourth-order valence-electron chi connectivity index (χ4n) is 1.21. The van der Waals surface area contributed by atoms with Crippen molar-refractivity contribution in [3.63, 3.8) is 0 Å². The third-order valence-corrected chi connectivity index (χ3v) is 2.15. The number of pyridine rings is 1. The van der Waals surface area contributed by atoms with Crippen LogP contribution in [0.2, 0.25) is 0 Å². The number of hydrogen-bond donors (Lipinski definition) is 1. The Bertz CT molecular complexity index is 349. The molecule has 1 rings (SSSR count). The SMILES string of the molecule is CN(CC(=O)N(C)C)Cc1ccc(O)cn1. The van der Waals surface area contributed by atoms with Gasteiger partial charge >= 0.3 is 0 Å². The van der Waals surface area contributed by atoms with Crippen LogP contribution < -0.4 is 0 Å². The predicted molar refractivity (Wildman–Crippen MR) is 60.9 cm³/mol. The second-order valence-corrected chi connectivity index (χ2v) is 3.97. The molecular formula is C11H17N3O2. The molecule has 1 aromatic rings. The van der Waals surface area contributed by atoms with Gasteiger partial charge in [-0.15, -0.1) is 0 Å². The largest absolute Gasteiger partial charge is 0.506 e. The summed E-state index contributed by atoms with van der Waals surface area (Å²) in [4.78, 5) is 18.9. The Kier molecular flexibility index (Phi) is 4.25. The topological polar surface area (TPSA) is 56.7 Å². The first-order valence-corrected chi connectivity index (χ1v) is 5.01. The highest BCUT2D eigenvalue weighted by Gasteiger charge is 2.09. The van der Waals surface area contributed by atoms with Crippen LogP contribution in [0.15, 0.2) is 18.3 Å². The van der Waals surface area contributed by atoms with E-state index in [1.165, 1.54) is 6.20 Å². The third-order valence-electron chi connectivity index (χ3n) is 2.15. The summed E-state index contributed by atoms with van der Waals surface area (Å²) in [5.74, 6) is 0.206. The minimum atomic E-state index is 0.0567. The fraction of sp³-hybridized carbons (Fsp3) is 0.455. The monoisotopic (exact) mass is 223 g/mol. The number of amides is 1. The lowest BCUT2D eigenvalue weighted by Gasteiger charge is -2.18. The number of carbonyl (C=O) groups excluding carboxylic acids is 1. The standard InChI is InChI=1S/C11H17N3O2/c1-13(2)11(16)8-14(3)7-9-4-5-10(15)6-12-9/h4-6,15H,7-8H2,1-3H3. The van der Waals surface area contributed by atoms with Crippen molar-refractivity contribution < 1.29 is 9.90 Å². The molecule has 1 aromatic heterocycles. The molecule has 0 aliphatic rings. The van der Waals surface area contributed by atoms with Gasteiger partial charge in [0.25, 0.3) is 0 Å². The van der Waals surface area contributed by atoms with Gasteiger partial charge in [0, 0.05) is 20.6 Å². The lowest BCUT2D eigenvalue weighted by atomic mass is 10.3. The zero-order valence-electron chi connectivity index (χ0n) is 9.84. The molecule has 0 aromatic carbocycles. The first-order valence-electron chi connectivity index (χ1n) is 5.01. The van der Waals surface area contributed by atoms with E-state index < -0.39 is 0 Å². The molecule has 5 heteroatoms. The molecule has 5 nitrogen and oxygen atoms in total. The number of rotatable bonds is 4. The van der Waals surface area contributed by atoms with E-state index in [-0.39, 0.29) is 11.7 Å². The van der Waals surface area contributed by atoms with Crippen molar-refractivity contribution in [3.05, 3.63) is 24.0 Å². The molecule has 0 atom stereocenters. The van der Waals surface area contributed by atoms with Crippen molar-refractivity contribution in [1.29, 1.82) is 0 Å². The third kappa shape index (κ3) is 3.86. The van der Waals surface area contributed by atoms with Crippen LogP contribution in [0.1, 0.15) is 5.69 Å². The van der Waals surface area contributed by atoms with Crippen molar-refractivity contribution >= 4 is 5.91 Å². The molecule has 16 heavy (non-hydrogen) atoms. The van der Waals surface area contributed by atoms with E-state index >= 15 is 0 Å². The Labute approximate surface area is 95.3 Å². The molecule has 0 radical (unpaired) electrons. The van der Waals surface area contributed by atoms with Crippen LogP contribution in [0.3, 0.4) is 0 Å². The number of likely N-dealkylation sites (N-methyl/N-ethyl adjacent to an activating group) is 2. The Balaban J connectivity index is 2.48. The van der Waals surface area contributed by atoms with Crippen LogP contribution in [-0.4, -0.2) is 53.5 Å². The average Bonchev–Trinajstić information content (AvgIpc) is 2.21. The van der Waals surface area contributed by atoms with E-state index in [0.717, 1.165) is 5.69 Å². The minimum absolute atomic E-state index is 0.0567. The zero-order valence-corrected chi connectivity index (χ0v) is 9.84. The van der Waals surface area contributed by atoms with Gasteiger partial charge in [0.15, 0.2) is 0 Å². The highest BCUT2D eigenvalue weighted by molar-refractivity contribution is 5.77. The number of carbonyl (C=O) groups is 1. The molecule has 0 saturated heterocycles. The molecule has 0 unspecified atom stereocenters. The van der Waals surface area contributed by atoms with E-state index in [1.54, 1.807) is 31.1 Å². The fourth-order valence-corrected chi connectivity index (χ4v) is 1.21. The van der Waals surface area contributed by atoms with Gasteiger partial charge in [-0.3, -0.25) is 14.7 Å². The van der Waals surface area contributed by atoms with E-state index in [2.05, 4.69) is 4.98 Å². The number of aromatic nitrogens is 1. The van der Waals surface area contributed by atoms with E-state index in [9.17, 15) is 4.79 Å². The van der Waals surface area contributed by atoms with Crippen molar-refractivity contribution in [1.82, 2.24) is 14.8 Å². The maximum atomic E-state index is 11.4. The van der Waals surface area contributed by atoms with E-state index in [4.69, 9.17) is 5.11 Å². The quantitative estimate of drug-likeness (QED) is 0.798. The van der Waals surface area contributed by atoms with E-state index in [1.807, 2.05) is 11.9 Å². The summed E-state index contributed by atoms with van der Waals surface area (Å²) >= 11 is 0. The number of nitrogens with zero attached hydrogens (tertiary/aromatic N) is 3. The summed E-state index contributed by atoms with van der Waals surface area (Å²) in [6, 6.07) is 3.33. The molecule has 1 heterocycles. The van der Waals surface area contributed by atoms with Crippen LogP contribution in [-0.2, 0) is 11.3 Å². The van der Waals surface area contributed by atoms with Crippen LogP contribution in [0.4, 0.5) is 0 Å². The maximum absolute atomic E-state index is 11.4. The number of hydrogen-bond acceptors (Lipinski definition) is 4. The van der Waals surface area contributed by atoms with Crippen molar-refractivity contribution in [2.24, 2.45) is 0 Å². The van der Waals surface area contributed by atoms with Gasteiger partial charge in [-0.1, -0.05) is 0 Å². The molecule has 0 aliphatic heterocycles. The van der Waals surface area contributed by atoms with Gasteiger partial charge in [0.1, 0.15) is 5.75 Å². The summed E-state index contributed by atoms with van der Waals surface area (Å²) in [5.41, 5.74) is 0.826. The molecular weight excluding hydrogens is 206 g/mol. The molecule has 1 N–H and O–H groups in total. The van der Waals surface area contributed by atoms with Crippen LogP contribution in [0.5, 0.6) is 5.75 Å². The molecule has 88 valence electrons. The summed E-state index contributed by atoms with van der Waals surface area (Å²) in [6.45, 7) is 0.940. The van der Waals surface area contributed by atoms with Gasteiger partial charge < -0.3 is 10.0 Å². The maximum Gasteiger partial charge on any atom is 0.236 e. The lowest BCUT2D eigenvalue weighted by Crippen LogP contribution is -2.34. The second kappa shape index (κ2) is 5.46. The van der Waals surface area contributed by atoms with Crippen LogP contribution >= 0.6 is 0 Å². The Morgan fingerprint density at radius 2 is 2.06 bits per heavy atom. The van der Waals surface area contributed by atoms with Crippen LogP contribution in [0.25, 0.3) is 0 Å². The molecule has 0 spiro atoms. The van der Waals surface area contributed by atoms with Gasteiger partial charge in [0.2, 0.25) is 5.91 Å². The van der Waals surface area contributed by atoms with Gasteiger partial charge in [-0.05, 0) is 19.2 Å². The van der Waals surface area contributed by atoms with Gasteiger partial charge in [0.05, 0.1) is 18.4 Å². The molecule has 1 amide bonds. The zero-order chi connectivity index (χ0) is 12.1. The average molecular weight is 223 g/mol. The van der Waals surface area contributed by atoms with Crippen molar-refractivity contribution in [3.8, 4) is 5.75 Å². The normalized spacial score (nSPS) is 10.5. The summed E-state index contributed by atoms with van der Waals surface area (Å²) in [5, 5.41) is 9.07. The highest BCUT2D eigenvalue weighted by Crippen LogP contribution is 2.07. The summed E-state index contributed by atoms with van der Waals surface area (Å²) in [7, 11) is 5.32. The van der Waals surface area contributed by atoms with Gasteiger partial charge in [-0.25, -0.2) is 0 Å². The van der Waals surface area contributed by atoms with Gasteiger partial charge in [-0.2, -0.15) is 0 Å². The molecule has 0 aliphatic carbocycles. The lowest BCUT2D eigenvalue weighted by molar-refractivity contribution is -0.129. The number of aromatic hydroxyl groups is 1. The predicted octanol–water partition coefficient (Wildman–Crippen LogP) is 0.307. The first kappa shape index (κ1) is 12.4. The van der Waals surface area contributed by atoms with Crippen molar-refractivity contribution in [2.75, 3.05) is 27.7 Å². The van der Waals surface area contributed by atoms with Crippen LogP contribution in [0, 0.1) is 0 Å². The summed E-state index contributed by atoms with van der Waals surface area (Å²) < 4.78 is 0. The van der Waals surface area contributed by atoms with Crippen molar-refractivity contribution in [2.45, 2.75) is 6.54 Å².